The van der Waals surface area contributed by atoms with Gasteiger partial charge in [-0.1, -0.05) is 49.9 Å². The van der Waals surface area contributed by atoms with Crippen LogP contribution in [0.4, 0.5) is 5.69 Å². The largest absolute Gasteiger partial charge is 0.497 e. The Hall–Kier alpha value is -3.28. The highest BCUT2D eigenvalue weighted by Crippen LogP contribution is 2.37. The van der Waals surface area contributed by atoms with Crippen molar-refractivity contribution in [2.24, 2.45) is 0 Å². The van der Waals surface area contributed by atoms with Crippen LogP contribution < -0.4 is 15.0 Å². The molecule has 5 rings (SSSR count). The predicted molar refractivity (Wildman–Crippen MR) is 130 cm³/mol. The van der Waals surface area contributed by atoms with Gasteiger partial charge in [0, 0.05) is 28.7 Å². The molecule has 3 aromatic rings. The van der Waals surface area contributed by atoms with Gasteiger partial charge in [0.2, 0.25) is 5.91 Å². The molecule has 172 valence electrons. The summed E-state index contributed by atoms with van der Waals surface area (Å²) in [4.78, 5) is 29.5. The second kappa shape index (κ2) is 8.58. The van der Waals surface area contributed by atoms with Gasteiger partial charge in [-0.15, -0.1) is 0 Å². The van der Waals surface area contributed by atoms with E-state index in [-0.39, 0.29) is 17.9 Å². The van der Waals surface area contributed by atoms with Crippen molar-refractivity contribution in [2.75, 3.05) is 12.0 Å². The van der Waals surface area contributed by atoms with E-state index in [2.05, 4.69) is 5.32 Å². The fourth-order valence-electron chi connectivity index (χ4n) is 5.36. The van der Waals surface area contributed by atoms with E-state index in [9.17, 15) is 9.59 Å². The summed E-state index contributed by atoms with van der Waals surface area (Å²) in [6.07, 6.45) is 6.69. The molecule has 33 heavy (non-hydrogen) atoms. The number of carbonyl (C=O) groups is 2. The monoisotopic (exact) mass is 445 g/mol. The molecule has 1 aliphatic heterocycles. The molecule has 2 aliphatic rings. The minimum Gasteiger partial charge on any atom is -0.497 e. The molecule has 1 N–H and O–H groups in total. The maximum absolute atomic E-state index is 13.9. The Morgan fingerprint density at radius 1 is 1.03 bits per heavy atom. The van der Waals surface area contributed by atoms with Crippen LogP contribution in [-0.2, 0) is 11.3 Å². The van der Waals surface area contributed by atoms with Crippen molar-refractivity contribution in [3.8, 4) is 5.75 Å². The Balaban J connectivity index is 1.60. The third-order valence-electron chi connectivity index (χ3n) is 7.18. The van der Waals surface area contributed by atoms with Gasteiger partial charge in [-0.3, -0.25) is 14.5 Å². The van der Waals surface area contributed by atoms with Gasteiger partial charge in [0.15, 0.2) is 0 Å². The Kier molecular flexibility index (Phi) is 5.60. The molecule has 1 saturated carbocycles. The molecule has 1 aromatic heterocycles. The number of para-hydroxylation sites is 1. The van der Waals surface area contributed by atoms with Crippen LogP contribution in [0.1, 0.15) is 55.9 Å². The molecule has 1 fully saturated rings. The van der Waals surface area contributed by atoms with Crippen LogP contribution in [-0.4, -0.2) is 35.1 Å². The van der Waals surface area contributed by atoms with Crippen LogP contribution in [0.5, 0.6) is 5.75 Å². The number of hydrogen-bond acceptors (Lipinski definition) is 3. The van der Waals surface area contributed by atoms with Crippen LogP contribution in [0.15, 0.2) is 54.6 Å². The van der Waals surface area contributed by atoms with Gasteiger partial charge in [0.1, 0.15) is 17.0 Å². The molecular weight excluding hydrogens is 414 g/mol. The lowest BCUT2D eigenvalue weighted by Gasteiger charge is -2.44. The zero-order valence-corrected chi connectivity index (χ0v) is 19.3. The number of benzene rings is 2. The molecule has 0 unspecified atom stereocenters. The van der Waals surface area contributed by atoms with Crippen molar-refractivity contribution in [3.05, 3.63) is 60.3 Å². The number of amides is 2. The molecule has 0 bridgehead atoms. The standard InChI is InChI=1S/C27H31N3O3/c1-27(26(32)28-20-11-5-3-4-6-12-20)18-29-23-15-8-7-10-19(23)16-24(29)25(31)30(27)21-13-9-14-22(17-21)33-2/h7-10,13-17,20H,3-6,11-12,18H2,1-2H3,(H,28,32)/t27-/m1/s1. The van der Waals surface area contributed by atoms with Gasteiger partial charge < -0.3 is 14.6 Å². The smallest absolute Gasteiger partial charge is 0.275 e. The highest BCUT2D eigenvalue weighted by molar-refractivity contribution is 6.14. The van der Waals surface area contributed by atoms with E-state index in [1.165, 1.54) is 12.8 Å². The van der Waals surface area contributed by atoms with Crippen LogP contribution in [0.3, 0.4) is 0 Å². The Morgan fingerprint density at radius 3 is 2.55 bits per heavy atom. The van der Waals surface area contributed by atoms with E-state index in [0.717, 1.165) is 36.6 Å². The van der Waals surface area contributed by atoms with Crippen molar-refractivity contribution in [1.82, 2.24) is 9.88 Å². The highest BCUT2D eigenvalue weighted by atomic mass is 16.5. The molecule has 2 heterocycles. The molecule has 2 amide bonds. The zero-order valence-electron chi connectivity index (χ0n) is 19.3. The third-order valence-corrected chi connectivity index (χ3v) is 7.18. The summed E-state index contributed by atoms with van der Waals surface area (Å²) in [5, 5.41) is 4.31. The first-order chi connectivity index (χ1) is 16.0. The van der Waals surface area contributed by atoms with Crippen LogP contribution in [0, 0.1) is 0 Å². The van der Waals surface area contributed by atoms with E-state index in [0.29, 0.717) is 23.7 Å². The zero-order chi connectivity index (χ0) is 23.0. The van der Waals surface area contributed by atoms with E-state index >= 15 is 0 Å². The van der Waals surface area contributed by atoms with E-state index in [4.69, 9.17) is 4.74 Å². The van der Waals surface area contributed by atoms with Crippen molar-refractivity contribution in [1.29, 1.82) is 0 Å². The number of fused-ring (bicyclic) bond motifs is 3. The number of aromatic nitrogens is 1. The maximum Gasteiger partial charge on any atom is 0.275 e. The lowest BCUT2D eigenvalue weighted by molar-refractivity contribution is -0.127. The second-order valence-electron chi connectivity index (χ2n) is 9.45. The van der Waals surface area contributed by atoms with Gasteiger partial charge in [-0.2, -0.15) is 0 Å². The SMILES string of the molecule is COc1cccc(N2C(=O)c3cc4ccccc4n3C[C@]2(C)C(=O)NC2CCCCCC2)c1. The molecule has 6 nitrogen and oxygen atoms in total. The topological polar surface area (TPSA) is 63.6 Å². The van der Waals surface area contributed by atoms with Crippen molar-refractivity contribution >= 4 is 28.4 Å². The van der Waals surface area contributed by atoms with Gasteiger partial charge >= 0.3 is 0 Å². The number of nitrogens with zero attached hydrogens (tertiary/aromatic N) is 2. The minimum atomic E-state index is -1.08. The summed E-state index contributed by atoms with van der Waals surface area (Å²) in [7, 11) is 1.60. The number of rotatable bonds is 4. The Labute approximate surface area is 194 Å². The van der Waals surface area contributed by atoms with Gasteiger partial charge in [-0.05, 0) is 44.0 Å². The average Bonchev–Trinajstić information content (AvgIpc) is 2.99. The summed E-state index contributed by atoms with van der Waals surface area (Å²) < 4.78 is 7.42. The summed E-state index contributed by atoms with van der Waals surface area (Å²) >= 11 is 0. The van der Waals surface area contributed by atoms with E-state index in [1.54, 1.807) is 12.0 Å². The second-order valence-corrected chi connectivity index (χ2v) is 9.45. The average molecular weight is 446 g/mol. The molecule has 0 saturated heterocycles. The molecule has 2 aromatic carbocycles. The first kappa shape index (κ1) is 21.6. The number of hydrogen-bond donors (Lipinski definition) is 1. The molecule has 0 radical (unpaired) electrons. The summed E-state index contributed by atoms with van der Waals surface area (Å²) in [6, 6.07) is 17.4. The number of anilines is 1. The summed E-state index contributed by atoms with van der Waals surface area (Å²) in [5.74, 6) is 0.371. The van der Waals surface area contributed by atoms with Crippen LogP contribution in [0.2, 0.25) is 0 Å². The van der Waals surface area contributed by atoms with Crippen LogP contribution in [0.25, 0.3) is 10.9 Å². The fraction of sp³-hybridized carbons (Fsp3) is 0.407. The summed E-state index contributed by atoms with van der Waals surface area (Å²) in [5.41, 5.74) is 1.15. The fourth-order valence-corrected chi connectivity index (χ4v) is 5.36. The lowest BCUT2D eigenvalue weighted by atomic mass is 9.92. The molecule has 0 spiro atoms. The number of nitrogens with one attached hydrogen (secondary N) is 1. The predicted octanol–water partition coefficient (Wildman–Crippen LogP) is 4.91. The molecule has 1 atom stereocenters. The lowest BCUT2D eigenvalue weighted by Crippen LogP contribution is -2.65. The number of carbonyl (C=O) groups excluding carboxylic acids is 2. The van der Waals surface area contributed by atoms with Gasteiger partial charge in [0.25, 0.3) is 5.91 Å². The molecule has 1 aliphatic carbocycles. The maximum atomic E-state index is 13.9. The number of methoxy groups -OCH3 is 1. The Morgan fingerprint density at radius 2 is 1.79 bits per heavy atom. The van der Waals surface area contributed by atoms with Crippen molar-refractivity contribution in [3.63, 3.8) is 0 Å². The van der Waals surface area contributed by atoms with E-state index in [1.807, 2.05) is 66.1 Å². The van der Waals surface area contributed by atoms with Gasteiger partial charge in [0.05, 0.1) is 13.7 Å². The highest BCUT2D eigenvalue weighted by Gasteiger charge is 2.49. The Bertz CT molecular complexity index is 1190. The number of ether oxygens (including phenoxy) is 1. The van der Waals surface area contributed by atoms with Crippen LogP contribution >= 0.6 is 0 Å². The molecular formula is C27H31N3O3. The normalized spacial score (nSPS) is 21.5. The van der Waals surface area contributed by atoms with Gasteiger partial charge in [-0.25, -0.2) is 0 Å². The first-order valence-electron chi connectivity index (χ1n) is 11.9. The minimum absolute atomic E-state index is 0.103. The van der Waals surface area contributed by atoms with Crippen molar-refractivity contribution in [2.45, 2.75) is 63.6 Å². The quantitative estimate of drug-likeness (QED) is 0.581. The molecule has 6 heteroatoms. The van der Waals surface area contributed by atoms with Crippen molar-refractivity contribution < 1.29 is 14.3 Å². The van der Waals surface area contributed by atoms with E-state index < -0.39 is 5.54 Å². The first-order valence-corrected chi connectivity index (χ1v) is 11.9. The summed E-state index contributed by atoms with van der Waals surface area (Å²) in [6.45, 7) is 2.27. The third kappa shape index (κ3) is 3.77.